The van der Waals surface area contributed by atoms with Crippen molar-refractivity contribution in [3.05, 3.63) is 59.9 Å². The number of hydrogen-bond acceptors (Lipinski definition) is 2. The van der Waals surface area contributed by atoms with Gasteiger partial charge in [-0.15, -0.1) is 0 Å². The average Bonchev–Trinajstić information content (AvgIpc) is 2.55. The van der Waals surface area contributed by atoms with E-state index in [1.807, 2.05) is 31.2 Å². The molecule has 0 unspecified atom stereocenters. The molecule has 0 N–H and O–H groups in total. The minimum atomic E-state index is -0.317. The number of nitrogens with zero attached hydrogens (tertiary/aromatic N) is 2. The lowest BCUT2D eigenvalue weighted by Gasteiger charge is -2.28. The van der Waals surface area contributed by atoms with Gasteiger partial charge < -0.3 is 9.80 Å². The Morgan fingerprint density at radius 2 is 1.38 bits per heavy atom. The van der Waals surface area contributed by atoms with Crippen molar-refractivity contribution >= 4 is 23.2 Å². The fraction of sp³-hybridized carbons (Fsp3) is 0.263. The number of anilines is 2. The van der Waals surface area contributed by atoms with Crippen LogP contribution in [-0.2, 0) is 16.1 Å². The van der Waals surface area contributed by atoms with E-state index in [0.29, 0.717) is 24.5 Å². The number of amides is 2. The van der Waals surface area contributed by atoms with Crippen molar-refractivity contribution in [3.63, 3.8) is 0 Å². The van der Waals surface area contributed by atoms with E-state index < -0.39 is 0 Å². The van der Waals surface area contributed by atoms with Crippen LogP contribution in [-0.4, -0.2) is 18.4 Å². The zero-order valence-corrected chi connectivity index (χ0v) is 14.1. The molecule has 2 aromatic carbocycles. The van der Waals surface area contributed by atoms with Crippen LogP contribution in [0.2, 0.25) is 0 Å². The van der Waals surface area contributed by atoms with Crippen LogP contribution >= 0.6 is 0 Å². The summed E-state index contributed by atoms with van der Waals surface area (Å²) < 4.78 is 13.1. The summed E-state index contributed by atoms with van der Waals surface area (Å²) in [6, 6.07) is 13.3. The second kappa shape index (κ2) is 7.73. The number of halogens is 1. The molecule has 4 nitrogen and oxygen atoms in total. The molecule has 24 heavy (non-hydrogen) atoms. The van der Waals surface area contributed by atoms with Gasteiger partial charge in [-0.25, -0.2) is 4.39 Å². The van der Waals surface area contributed by atoms with Crippen molar-refractivity contribution < 1.29 is 14.0 Å². The van der Waals surface area contributed by atoms with Crippen molar-refractivity contribution in [2.75, 3.05) is 16.3 Å². The highest BCUT2D eigenvalue weighted by Gasteiger charge is 2.20. The van der Waals surface area contributed by atoms with E-state index in [2.05, 4.69) is 0 Å². The van der Waals surface area contributed by atoms with Gasteiger partial charge in [-0.2, -0.15) is 0 Å². The fourth-order valence-corrected chi connectivity index (χ4v) is 2.62. The molecular weight excluding hydrogens is 307 g/mol. The van der Waals surface area contributed by atoms with Gasteiger partial charge in [-0.05, 0) is 36.8 Å². The standard InChI is InChI=1S/C19H21FN2O2/c1-4-21(14(2)23)18-7-5-6-8-19(18)22(15(3)24)13-16-9-11-17(20)12-10-16/h5-12H,4,13H2,1-3H3. The minimum Gasteiger partial charge on any atom is -0.311 e. The van der Waals surface area contributed by atoms with Gasteiger partial charge in [0.15, 0.2) is 0 Å². The second-order valence-electron chi connectivity index (χ2n) is 5.48. The molecule has 126 valence electrons. The van der Waals surface area contributed by atoms with E-state index >= 15 is 0 Å². The number of carbonyl (C=O) groups excluding carboxylic acids is 2. The number of benzene rings is 2. The van der Waals surface area contributed by atoms with Gasteiger partial charge in [0.1, 0.15) is 5.82 Å². The molecule has 2 rings (SSSR count). The molecule has 2 amide bonds. The third kappa shape index (κ3) is 3.98. The summed E-state index contributed by atoms with van der Waals surface area (Å²) in [7, 11) is 0. The molecular formula is C19H21FN2O2. The Labute approximate surface area is 141 Å². The smallest absolute Gasteiger partial charge is 0.224 e. The summed E-state index contributed by atoms with van der Waals surface area (Å²) in [5.41, 5.74) is 2.16. The maximum Gasteiger partial charge on any atom is 0.224 e. The first-order chi connectivity index (χ1) is 11.4. The van der Waals surface area contributed by atoms with Gasteiger partial charge in [0, 0.05) is 20.4 Å². The molecule has 0 aliphatic rings. The summed E-state index contributed by atoms with van der Waals surface area (Å²) in [5.74, 6) is -0.552. The molecule has 0 fully saturated rings. The van der Waals surface area contributed by atoms with Crippen LogP contribution < -0.4 is 9.80 Å². The van der Waals surface area contributed by atoms with E-state index in [9.17, 15) is 14.0 Å². The summed E-state index contributed by atoms with van der Waals surface area (Å²) in [6.45, 7) is 5.68. The Morgan fingerprint density at radius 1 is 0.875 bits per heavy atom. The Balaban J connectivity index is 2.43. The van der Waals surface area contributed by atoms with Gasteiger partial charge in [-0.1, -0.05) is 24.3 Å². The summed E-state index contributed by atoms with van der Waals surface area (Å²) in [6.07, 6.45) is 0. The number of carbonyl (C=O) groups is 2. The minimum absolute atomic E-state index is 0.0877. The molecule has 5 heteroatoms. The predicted octanol–water partition coefficient (Wildman–Crippen LogP) is 3.75. The first kappa shape index (κ1) is 17.7. The summed E-state index contributed by atoms with van der Waals surface area (Å²) >= 11 is 0. The van der Waals surface area contributed by atoms with Crippen molar-refractivity contribution in [1.82, 2.24) is 0 Å². The Hall–Kier alpha value is -2.69. The van der Waals surface area contributed by atoms with Crippen molar-refractivity contribution in [2.45, 2.75) is 27.3 Å². The average molecular weight is 328 g/mol. The van der Waals surface area contributed by atoms with Gasteiger partial charge in [0.25, 0.3) is 0 Å². The second-order valence-corrected chi connectivity index (χ2v) is 5.48. The fourth-order valence-electron chi connectivity index (χ4n) is 2.62. The van der Waals surface area contributed by atoms with E-state index in [0.717, 1.165) is 5.56 Å². The van der Waals surface area contributed by atoms with Crippen LogP contribution in [0, 0.1) is 5.82 Å². The van der Waals surface area contributed by atoms with E-state index in [1.54, 1.807) is 21.9 Å². The Kier molecular flexibility index (Phi) is 5.68. The van der Waals surface area contributed by atoms with Crippen LogP contribution in [0.15, 0.2) is 48.5 Å². The summed E-state index contributed by atoms with van der Waals surface area (Å²) in [5, 5.41) is 0. The van der Waals surface area contributed by atoms with Gasteiger partial charge >= 0.3 is 0 Å². The number of para-hydroxylation sites is 2. The molecule has 0 saturated heterocycles. The molecule has 0 bridgehead atoms. The Bertz CT molecular complexity index is 728. The molecule has 0 heterocycles. The lowest BCUT2D eigenvalue weighted by molar-refractivity contribution is -0.117. The van der Waals surface area contributed by atoms with Gasteiger partial charge in [-0.3, -0.25) is 9.59 Å². The normalized spacial score (nSPS) is 10.3. The first-order valence-corrected chi connectivity index (χ1v) is 7.83. The van der Waals surface area contributed by atoms with Crippen LogP contribution in [0.3, 0.4) is 0 Å². The lowest BCUT2D eigenvalue weighted by Crippen LogP contribution is -2.33. The molecule has 0 radical (unpaired) electrons. The third-order valence-corrected chi connectivity index (χ3v) is 3.79. The van der Waals surface area contributed by atoms with Crippen LogP contribution in [0.4, 0.5) is 15.8 Å². The molecule has 0 saturated carbocycles. The van der Waals surface area contributed by atoms with E-state index in [4.69, 9.17) is 0 Å². The molecule has 0 aliphatic carbocycles. The van der Waals surface area contributed by atoms with Crippen molar-refractivity contribution in [1.29, 1.82) is 0 Å². The van der Waals surface area contributed by atoms with Crippen LogP contribution in [0.1, 0.15) is 26.3 Å². The van der Waals surface area contributed by atoms with Gasteiger partial charge in [0.2, 0.25) is 11.8 Å². The van der Waals surface area contributed by atoms with Crippen molar-refractivity contribution in [3.8, 4) is 0 Å². The maximum atomic E-state index is 13.1. The summed E-state index contributed by atoms with van der Waals surface area (Å²) in [4.78, 5) is 27.3. The zero-order valence-electron chi connectivity index (χ0n) is 14.1. The van der Waals surface area contributed by atoms with E-state index in [1.165, 1.54) is 26.0 Å². The van der Waals surface area contributed by atoms with Crippen molar-refractivity contribution in [2.24, 2.45) is 0 Å². The lowest BCUT2D eigenvalue weighted by atomic mass is 10.1. The first-order valence-electron chi connectivity index (χ1n) is 7.83. The zero-order chi connectivity index (χ0) is 17.7. The highest BCUT2D eigenvalue weighted by Crippen LogP contribution is 2.30. The number of hydrogen-bond donors (Lipinski definition) is 0. The maximum absolute atomic E-state index is 13.1. The molecule has 0 aliphatic heterocycles. The van der Waals surface area contributed by atoms with Crippen LogP contribution in [0.5, 0.6) is 0 Å². The Morgan fingerprint density at radius 3 is 1.83 bits per heavy atom. The third-order valence-electron chi connectivity index (χ3n) is 3.79. The topological polar surface area (TPSA) is 40.6 Å². The highest BCUT2D eigenvalue weighted by atomic mass is 19.1. The quantitative estimate of drug-likeness (QED) is 0.839. The molecule has 2 aromatic rings. The van der Waals surface area contributed by atoms with Gasteiger partial charge in [0.05, 0.1) is 17.9 Å². The largest absolute Gasteiger partial charge is 0.311 e. The highest BCUT2D eigenvalue weighted by molar-refractivity contribution is 6.00. The monoisotopic (exact) mass is 328 g/mol. The SMILES string of the molecule is CCN(C(C)=O)c1ccccc1N(Cc1ccc(F)cc1)C(C)=O. The number of rotatable bonds is 5. The van der Waals surface area contributed by atoms with Crippen LogP contribution in [0.25, 0.3) is 0 Å². The molecule has 0 atom stereocenters. The molecule has 0 spiro atoms. The van der Waals surface area contributed by atoms with E-state index in [-0.39, 0.29) is 17.6 Å². The predicted molar refractivity (Wildman–Crippen MR) is 93.4 cm³/mol. The molecule has 0 aromatic heterocycles.